The number of aromatic nitrogens is 2. The van der Waals surface area contributed by atoms with E-state index in [0.29, 0.717) is 5.91 Å². The Kier molecular flexibility index (Phi) is 9.94. The molecule has 16 heteroatoms. The number of aryl methyl sites for hydroxylation is 1. The first kappa shape index (κ1) is 31.1. The third-order valence-electron chi connectivity index (χ3n) is 6.16. The van der Waals surface area contributed by atoms with Crippen molar-refractivity contribution in [2.45, 2.75) is 37.7 Å². The normalized spacial score (nSPS) is 21.9. The Morgan fingerprint density at radius 3 is 2.13 bits per heavy atom. The number of likely N-dealkylation sites (tertiary alicyclic amines) is 2. The number of carbonyl (C=O) groups is 3. The Morgan fingerprint density at radius 2 is 1.68 bits per heavy atom. The van der Waals surface area contributed by atoms with Gasteiger partial charge in [0, 0.05) is 63.0 Å². The van der Waals surface area contributed by atoms with E-state index in [9.17, 15) is 31.1 Å². The summed E-state index contributed by atoms with van der Waals surface area (Å²) < 4.78 is 65.4. The zero-order valence-corrected chi connectivity index (χ0v) is 21.1. The molecular formula is C22H26F6N4O5S. The Bertz CT molecular complexity index is 1080. The van der Waals surface area contributed by atoms with Crippen LogP contribution in [-0.4, -0.2) is 86.7 Å². The van der Waals surface area contributed by atoms with Crippen molar-refractivity contribution >= 4 is 29.2 Å². The minimum Gasteiger partial charge on any atom is -0.475 e. The molecule has 0 aromatic carbocycles. The van der Waals surface area contributed by atoms with Crippen molar-refractivity contribution in [1.29, 1.82) is 0 Å². The first-order chi connectivity index (χ1) is 17.5. The fraction of sp³-hybridized carbons (Fsp3) is 0.545. The van der Waals surface area contributed by atoms with E-state index < -0.39 is 24.3 Å². The number of halogens is 6. The van der Waals surface area contributed by atoms with Crippen molar-refractivity contribution in [3.05, 3.63) is 40.3 Å². The zero-order chi connectivity index (χ0) is 28.9. The molecule has 0 bridgehead atoms. The predicted molar refractivity (Wildman–Crippen MR) is 122 cm³/mol. The topological polar surface area (TPSA) is 116 Å². The second-order valence-electron chi connectivity index (χ2n) is 8.77. The lowest BCUT2D eigenvalue weighted by Crippen LogP contribution is -2.50. The van der Waals surface area contributed by atoms with Crippen LogP contribution in [0, 0.1) is 5.41 Å². The van der Waals surface area contributed by atoms with E-state index in [1.807, 2.05) is 29.9 Å². The third kappa shape index (κ3) is 7.69. The molecule has 2 fully saturated rings. The van der Waals surface area contributed by atoms with E-state index in [0.717, 1.165) is 39.0 Å². The number of carbonyl (C=O) groups excluding carboxylic acids is 1. The van der Waals surface area contributed by atoms with E-state index in [2.05, 4.69) is 33.6 Å². The number of piperidine rings is 1. The van der Waals surface area contributed by atoms with Crippen LogP contribution in [0.3, 0.4) is 0 Å². The Morgan fingerprint density at radius 1 is 1.11 bits per heavy atom. The van der Waals surface area contributed by atoms with Crippen molar-refractivity contribution in [1.82, 2.24) is 19.6 Å². The maximum absolute atomic E-state index is 13.2. The predicted octanol–water partition coefficient (Wildman–Crippen LogP) is 3.59. The smallest absolute Gasteiger partial charge is 0.475 e. The number of thiophene rings is 1. The molecule has 38 heavy (non-hydrogen) atoms. The van der Waals surface area contributed by atoms with Gasteiger partial charge in [-0.3, -0.25) is 14.4 Å². The molecule has 4 rings (SSSR count). The lowest BCUT2D eigenvalue weighted by Gasteiger charge is -2.41. The summed E-state index contributed by atoms with van der Waals surface area (Å²) in [5.74, 6) is -4.98. The van der Waals surface area contributed by atoms with Crippen molar-refractivity contribution in [3.63, 3.8) is 0 Å². The molecule has 2 atom stereocenters. The second kappa shape index (κ2) is 12.1. The van der Waals surface area contributed by atoms with Gasteiger partial charge in [-0.2, -0.15) is 31.4 Å². The first-order valence-corrected chi connectivity index (χ1v) is 12.0. The van der Waals surface area contributed by atoms with Crippen molar-refractivity contribution in [2.24, 2.45) is 12.5 Å². The summed E-state index contributed by atoms with van der Waals surface area (Å²) in [6, 6.07) is 6.37. The fourth-order valence-corrected chi connectivity index (χ4v) is 5.29. The van der Waals surface area contributed by atoms with Crippen LogP contribution in [0.15, 0.2) is 29.8 Å². The second-order valence-corrected chi connectivity index (χ2v) is 9.81. The number of aliphatic carboxylic acids is 2. The molecule has 1 spiro atoms. The number of rotatable bonds is 3. The standard InChI is InChI=1S/C18H24N4OS.2C2HF3O2/c1-20-9-4-7-18(17(20)23)13-22(11-14-5-3-10-24-14)12-15(18)16-6-8-19-21(16)2;2*3-2(4,5)1(6)7/h3,5-6,8,10,15H,4,7,9,11-13H2,1-2H3;2*(H,6,7)/t15-,18+;;/m0../s1. The summed E-state index contributed by atoms with van der Waals surface area (Å²) in [5, 5.41) is 20.7. The van der Waals surface area contributed by atoms with Gasteiger partial charge in [0.15, 0.2) is 0 Å². The minimum atomic E-state index is -5.08. The quantitative estimate of drug-likeness (QED) is 0.541. The number of alkyl halides is 6. The Hall–Kier alpha value is -3.14. The molecule has 4 heterocycles. The van der Waals surface area contributed by atoms with Gasteiger partial charge in [-0.1, -0.05) is 6.07 Å². The van der Waals surface area contributed by atoms with Crippen molar-refractivity contribution in [3.8, 4) is 0 Å². The molecule has 0 unspecified atom stereocenters. The number of hydrogen-bond acceptors (Lipinski definition) is 6. The highest BCUT2D eigenvalue weighted by Gasteiger charge is 2.55. The molecule has 2 aliphatic rings. The SMILES string of the molecule is CN1CCC[C@]2(CN(Cc3cccs3)C[C@H]2c2ccnn2C)C1=O.O=C(O)C(F)(F)F.O=C(O)C(F)(F)F. The number of nitrogens with zero attached hydrogens (tertiary/aromatic N) is 4. The number of carboxylic acid groups (broad SMARTS) is 2. The van der Waals surface area contributed by atoms with Crippen LogP contribution in [0.25, 0.3) is 0 Å². The number of amides is 1. The molecule has 0 saturated carbocycles. The zero-order valence-electron chi connectivity index (χ0n) is 20.3. The van der Waals surface area contributed by atoms with Gasteiger partial charge in [-0.25, -0.2) is 9.59 Å². The highest BCUT2D eigenvalue weighted by atomic mass is 32.1. The van der Waals surface area contributed by atoms with Gasteiger partial charge in [-0.15, -0.1) is 11.3 Å². The summed E-state index contributed by atoms with van der Waals surface area (Å²) in [7, 11) is 3.94. The Labute approximate surface area is 217 Å². The number of hydrogen-bond donors (Lipinski definition) is 2. The van der Waals surface area contributed by atoms with Gasteiger partial charge < -0.3 is 15.1 Å². The van der Waals surface area contributed by atoms with Gasteiger partial charge in [0.1, 0.15) is 0 Å². The minimum absolute atomic E-state index is 0.222. The Balaban J connectivity index is 0.000000301. The van der Waals surface area contributed by atoms with Gasteiger partial charge in [-0.05, 0) is 30.4 Å². The van der Waals surface area contributed by atoms with E-state index >= 15 is 0 Å². The van der Waals surface area contributed by atoms with Crippen molar-refractivity contribution in [2.75, 3.05) is 26.7 Å². The molecule has 2 aliphatic heterocycles. The number of carboxylic acids is 2. The largest absolute Gasteiger partial charge is 0.490 e. The molecule has 212 valence electrons. The molecule has 1 amide bonds. The van der Waals surface area contributed by atoms with Crippen LogP contribution in [0.4, 0.5) is 26.3 Å². The highest BCUT2D eigenvalue weighted by molar-refractivity contribution is 7.09. The fourth-order valence-electron chi connectivity index (χ4n) is 4.54. The van der Waals surface area contributed by atoms with Crippen LogP contribution in [0.2, 0.25) is 0 Å². The van der Waals surface area contributed by atoms with E-state index in [4.69, 9.17) is 19.8 Å². The van der Waals surface area contributed by atoms with Crippen molar-refractivity contribution < 1.29 is 50.9 Å². The van der Waals surface area contributed by atoms with Crippen LogP contribution >= 0.6 is 11.3 Å². The average molecular weight is 573 g/mol. The van der Waals surface area contributed by atoms with Gasteiger partial charge in [0.05, 0.1) is 5.41 Å². The summed E-state index contributed by atoms with van der Waals surface area (Å²) >= 11 is 1.79. The molecular weight excluding hydrogens is 546 g/mol. The maximum atomic E-state index is 13.2. The third-order valence-corrected chi connectivity index (χ3v) is 7.02. The van der Waals surface area contributed by atoms with E-state index in [-0.39, 0.29) is 11.3 Å². The molecule has 2 aromatic rings. The maximum Gasteiger partial charge on any atom is 0.490 e. The molecule has 0 aliphatic carbocycles. The van der Waals surface area contributed by atoms with E-state index in [1.165, 1.54) is 10.6 Å². The van der Waals surface area contributed by atoms with Crippen LogP contribution in [0.1, 0.15) is 29.3 Å². The average Bonchev–Trinajstić information content (AvgIpc) is 3.53. The summed E-state index contributed by atoms with van der Waals surface area (Å²) in [6.45, 7) is 3.59. The van der Waals surface area contributed by atoms with Gasteiger partial charge in [0.2, 0.25) is 5.91 Å². The molecule has 2 saturated heterocycles. The van der Waals surface area contributed by atoms with Gasteiger partial charge >= 0.3 is 24.3 Å². The van der Waals surface area contributed by atoms with Gasteiger partial charge in [0.25, 0.3) is 0 Å². The summed E-state index contributed by atoms with van der Waals surface area (Å²) in [5.41, 5.74) is 0.894. The lowest BCUT2D eigenvalue weighted by molar-refractivity contribution is -0.193. The molecule has 0 radical (unpaired) electrons. The molecule has 9 nitrogen and oxygen atoms in total. The summed E-state index contributed by atoms with van der Waals surface area (Å²) in [6.07, 6.45) is -6.25. The first-order valence-electron chi connectivity index (χ1n) is 11.1. The molecule has 2 N–H and O–H groups in total. The highest BCUT2D eigenvalue weighted by Crippen LogP contribution is 2.49. The monoisotopic (exact) mass is 572 g/mol. The lowest BCUT2D eigenvalue weighted by atomic mass is 9.70. The van der Waals surface area contributed by atoms with Crippen LogP contribution < -0.4 is 0 Å². The van der Waals surface area contributed by atoms with Crippen LogP contribution in [-0.2, 0) is 28.0 Å². The van der Waals surface area contributed by atoms with Crippen LogP contribution in [0.5, 0.6) is 0 Å². The van der Waals surface area contributed by atoms with E-state index in [1.54, 1.807) is 11.3 Å². The molecule has 2 aromatic heterocycles. The summed E-state index contributed by atoms with van der Waals surface area (Å²) in [4.78, 5) is 36.7.